The van der Waals surface area contributed by atoms with Crippen LogP contribution in [-0.2, 0) is 12.8 Å². The summed E-state index contributed by atoms with van der Waals surface area (Å²) in [7, 11) is 0. The van der Waals surface area contributed by atoms with Gasteiger partial charge in [-0.1, -0.05) is 72.8 Å². The predicted molar refractivity (Wildman–Crippen MR) is 184 cm³/mol. The Kier molecular flexibility index (Phi) is 4.23. The minimum atomic E-state index is 1.13. The molecule has 206 valence electrons. The number of nitrogens with zero attached hydrogens (tertiary/aromatic N) is 3. The van der Waals surface area contributed by atoms with Crippen LogP contribution in [0.25, 0.3) is 82.2 Å². The monoisotopic (exact) mass is 561 g/mol. The van der Waals surface area contributed by atoms with Gasteiger partial charge in [-0.15, -0.1) is 0 Å². The van der Waals surface area contributed by atoms with E-state index in [9.17, 15) is 0 Å². The van der Waals surface area contributed by atoms with Gasteiger partial charge >= 0.3 is 0 Å². The third-order valence-electron chi connectivity index (χ3n) is 10.3. The van der Waals surface area contributed by atoms with E-state index in [-0.39, 0.29) is 0 Å². The van der Waals surface area contributed by atoms with Gasteiger partial charge in [0.1, 0.15) is 0 Å². The molecule has 11 rings (SSSR count). The average molecular weight is 562 g/mol. The minimum Gasteiger partial charge on any atom is -0.312 e. The van der Waals surface area contributed by atoms with E-state index in [2.05, 4.69) is 141 Å². The van der Waals surface area contributed by atoms with Gasteiger partial charge in [0.2, 0.25) is 0 Å². The number of rotatable bonds is 2. The van der Waals surface area contributed by atoms with Crippen LogP contribution < -0.4 is 0 Å². The molecule has 0 amide bonds. The standard InChI is InChI=1S/C41H27N3/c1-3-12-25(13-4-1)42-33-19-9-7-16-27(33)30-22-32-37(24-36(30)42)44-34-21-11-18-28(34)31-23-38-39(40(32)41(31)44)29-17-8-10-20-35(29)43(38)26-14-5-2-6-15-26/h1-10,12-17,19-20,22-24H,11,18,21H2. The molecule has 0 unspecified atom stereocenters. The summed E-state index contributed by atoms with van der Waals surface area (Å²) in [5.74, 6) is 0. The number of fused-ring (bicyclic) bond motifs is 13. The van der Waals surface area contributed by atoms with Crippen molar-refractivity contribution in [1.82, 2.24) is 13.5 Å². The second-order valence-corrected chi connectivity index (χ2v) is 12.4. The van der Waals surface area contributed by atoms with E-state index in [1.807, 2.05) is 0 Å². The van der Waals surface area contributed by atoms with Gasteiger partial charge < -0.3 is 13.5 Å². The highest BCUT2D eigenvalue weighted by atomic mass is 15.0. The number of hydrogen-bond donors (Lipinski definition) is 0. The van der Waals surface area contributed by atoms with Gasteiger partial charge in [-0.3, -0.25) is 0 Å². The molecule has 0 bridgehead atoms. The van der Waals surface area contributed by atoms with Crippen molar-refractivity contribution in [2.45, 2.75) is 19.3 Å². The number of hydrogen-bond acceptors (Lipinski definition) is 0. The van der Waals surface area contributed by atoms with Gasteiger partial charge in [0.15, 0.2) is 0 Å². The van der Waals surface area contributed by atoms with Gasteiger partial charge in [-0.2, -0.15) is 0 Å². The first-order chi connectivity index (χ1) is 21.9. The van der Waals surface area contributed by atoms with Crippen LogP contribution in [0, 0.1) is 0 Å². The highest BCUT2D eigenvalue weighted by molar-refractivity contribution is 6.34. The van der Waals surface area contributed by atoms with E-state index in [4.69, 9.17) is 0 Å². The van der Waals surface area contributed by atoms with Crippen molar-refractivity contribution >= 4 is 70.8 Å². The summed E-state index contributed by atoms with van der Waals surface area (Å²) in [6, 6.07) is 47.1. The molecule has 0 radical (unpaired) electrons. The summed E-state index contributed by atoms with van der Waals surface area (Å²) in [5, 5.41) is 9.45. The molecule has 4 aromatic heterocycles. The molecule has 0 spiro atoms. The van der Waals surface area contributed by atoms with Crippen molar-refractivity contribution in [1.29, 1.82) is 0 Å². The molecular weight excluding hydrogens is 534 g/mol. The minimum absolute atomic E-state index is 1.13. The summed E-state index contributed by atoms with van der Waals surface area (Å²) in [4.78, 5) is 0. The molecule has 0 aliphatic heterocycles. The molecule has 0 saturated carbocycles. The van der Waals surface area contributed by atoms with Crippen LogP contribution in [0.4, 0.5) is 0 Å². The van der Waals surface area contributed by atoms with Gasteiger partial charge in [0.05, 0.1) is 33.1 Å². The maximum Gasteiger partial charge on any atom is 0.0621 e. The summed E-state index contributed by atoms with van der Waals surface area (Å²) in [6.45, 7) is 0. The molecule has 0 atom stereocenters. The maximum absolute atomic E-state index is 2.64. The van der Waals surface area contributed by atoms with E-state index < -0.39 is 0 Å². The predicted octanol–water partition coefficient (Wildman–Crippen LogP) is 10.4. The second kappa shape index (κ2) is 8.09. The van der Waals surface area contributed by atoms with E-state index in [0.717, 1.165) is 12.8 Å². The Hall–Kier alpha value is -5.54. The Labute approximate surface area is 253 Å². The van der Waals surface area contributed by atoms with Crippen molar-refractivity contribution in [3.8, 4) is 11.4 Å². The Balaban J connectivity index is 1.41. The van der Waals surface area contributed by atoms with Gasteiger partial charge in [0.25, 0.3) is 0 Å². The van der Waals surface area contributed by atoms with Gasteiger partial charge in [-0.05, 0) is 79.4 Å². The molecule has 3 nitrogen and oxygen atoms in total. The first-order valence-electron chi connectivity index (χ1n) is 15.7. The summed E-state index contributed by atoms with van der Waals surface area (Å²) in [6.07, 6.45) is 3.50. The molecule has 4 heterocycles. The van der Waals surface area contributed by atoms with Crippen molar-refractivity contribution in [3.05, 3.63) is 139 Å². The maximum atomic E-state index is 2.64. The molecule has 10 aromatic rings. The highest BCUT2D eigenvalue weighted by Crippen LogP contribution is 2.49. The molecule has 6 aromatic carbocycles. The number of aromatic nitrogens is 3. The molecule has 0 N–H and O–H groups in total. The largest absolute Gasteiger partial charge is 0.312 e. The molecule has 1 aliphatic rings. The lowest BCUT2D eigenvalue weighted by molar-refractivity contribution is 0.890. The number of aryl methyl sites for hydroxylation is 2. The zero-order valence-corrected chi connectivity index (χ0v) is 24.1. The zero-order chi connectivity index (χ0) is 28.5. The Bertz CT molecular complexity index is 2770. The summed E-state index contributed by atoms with van der Waals surface area (Å²) in [5.41, 5.74) is 13.3. The van der Waals surface area contributed by atoms with Crippen molar-refractivity contribution < 1.29 is 0 Å². The van der Waals surface area contributed by atoms with E-state index >= 15 is 0 Å². The van der Waals surface area contributed by atoms with E-state index in [1.165, 1.54) is 94.3 Å². The SMILES string of the molecule is c1ccc(-n2c3ccccc3c3cc4c5c6c7ccccc7n(-c7ccccc7)c6cc6c7c(n(c4cc32)c65)CCC7)cc1. The average Bonchev–Trinajstić information content (AvgIpc) is 3.87. The van der Waals surface area contributed by atoms with Crippen molar-refractivity contribution in [2.24, 2.45) is 0 Å². The van der Waals surface area contributed by atoms with Crippen molar-refractivity contribution in [3.63, 3.8) is 0 Å². The molecular formula is C41H27N3. The zero-order valence-electron chi connectivity index (χ0n) is 24.1. The van der Waals surface area contributed by atoms with Crippen molar-refractivity contribution in [2.75, 3.05) is 0 Å². The van der Waals surface area contributed by atoms with Gasteiger partial charge in [-0.25, -0.2) is 0 Å². The fraction of sp³-hybridized carbons (Fsp3) is 0.0732. The third kappa shape index (κ3) is 2.69. The van der Waals surface area contributed by atoms with Crippen LogP contribution in [0.2, 0.25) is 0 Å². The van der Waals surface area contributed by atoms with Gasteiger partial charge in [0, 0.05) is 54.8 Å². The van der Waals surface area contributed by atoms with Crippen LogP contribution in [0.5, 0.6) is 0 Å². The molecule has 44 heavy (non-hydrogen) atoms. The second-order valence-electron chi connectivity index (χ2n) is 12.4. The number of benzene rings is 6. The van der Waals surface area contributed by atoms with Crippen LogP contribution >= 0.6 is 0 Å². The lowest BCUT2D eigenvalue weighted by Gasteiger charge is -2.08. The summed E-state index contributed by atoms with van der Waals surface area (Å²) >= 11 is 0. The lowest BCUT2D eigenvalue weighted by atomic mass is 10.0. The molecule has 0 fully saturated rings. The Morgan fingerprint density at radius 3 is 1.80 bits per heavy atom. The smallest absolute Gasteiger partial charge is 0.0621 e. The quantitative estimate of drug-likeness (QED) is 0.199. The topological polar surface area (TPSA) is 14.3 Å². The first kappa shape index (κ1) is 23.0. The van der Waals surface area contributed by atoms with Crippen LogP contribution in [0.3, 0.4) is 0 Å². The van der Waals surface area contributed by atoms with E-state index in [0.29, 0.717) is 0 Å². The fourth-order valence-corrected chi connectivity index (χ4v) is 8.61. The Morgan fingerprint density at radius 2 is 1.05 bits per heavy atom. The molecule has 1 aliphatic carbocycles. The van der Waals surface area contributed by atoms with Crippen LogP contribution in [0.15, 0.2) is 127 Å². The Morgan fingerprint density at radius 1 is 0.409 bits per heavy atom. The molecule has 0 saturated heterocycles. The number of para-hydroxylation sites is 4. The normalized spacial score (nSPS) is 13.6. The van der Waals surface area contributed by atoms with Crippen LogP contribution in [-0.4, -0.2) is 13.5 Å². The van der Waals surface area contributed by atoms with Crippen LogP contribution in [0.1, 0.15) is 17.7 Å². The lowest BCUT2D eigenvalue weighted by Crippen LogP contribution is -1.93. The van der Waals surface area contributed by atoms with E-state index in [1.54, 1.807) is 5.56 Å². The third-order valence-corrected chi connectivity index (χ3v) is 10.3. The fourth-order valence-electron chi connectivity index (χ4n) is 8.61. The molecule has 3 heteroatoms. The summed E-state index contributed by atoms with van der Waals surface area (Å²) < 4.78 is 7.58. The highest BCUT2D eigenvalue weighted by Gasteiger charge is 2.29. The first-order valence-corrected chi connectivity index (χ1v) is 15.7.